The SMILES string of the molecule is Oc1c(Cl)cc(Cl)cc1/C=N\Nc1ccc2nnc(-c3ccc(Br)cc3)n2n1. The number of hydrogen-bond acceptors (Lipinski definition) is 6. The summed E-state index contributed by atoms with van der Waals surface area (Å²) in [5.74, 6) is 0.972. The summed E-state index contributed by atoms with van der Waals surface area (Å²) in [6, 6.07) is 14.2. The number of fused-ring (bicyclic) bond motifs is 1. The van der Waals surface area contributed by atoms with Gasteiger partial charge in [0, 0.05) is 20.6 Å². The van der Waals surface area contributed by atoms with Gasteiger partial charge in [-0.2, -0.15) is 9.62 Å². The maximum Gasteiger partial charge on any atom is 0.185 e. The van der Waals surface area contributed by atoms with Gasteiger partial charge in [-0.15, -0.1) is 15.3 Å². The van der Waals surface area contributed by atoms with Gasteiger partial charge in [0.15, 0.2) is 17.3 Å². The number of hydrazone groups is 1. The largest absolute Gasteiger partial charge is 0.506 e. The molecule has 2 heterocycles. The van der Waals surface area contributed by atoms with Crippen molar-refractivity contribution in [2.24, 2.45) is 5.10 Å². The monoisotopic (exact) mass is 476 g/mol. The standard InChI is InChI=1S/C18H11BrCl2N6O/c19-12-3-1-10(2-4-12)18-25-24-16-6-5-15(26-27(16)18)23-22-9-11-7-13(20)8-14(21)17(11)28/h1-9,28H,(H,23,26)/b22-9-. The zero-order valence-electron chi connectivity index (χ0n) is 14.0. The second-order valence-corrected chi connectivity index (χ2v) is 7.47. The fraction of sp³-hybridized carbons (Fsp3) is 0. The van der Waals surface area contributed by atoms with Crippen LogP contribution in [0.1, 0.15) is 5.56 Å². The van der Waals surface area contributed by atoms with E-state index in [1.165, 1.54) is 12.3 Å². The number of phenolic OH excluding ortho intramolecular Hbond substituents is 1. The molecule has 0 saturated heterocycles. The topological polar surface area (TPSA) is 87.7 Å². The van der Waals surface area contributed by atoms with E-state index >= 15 is 0 Å². The van der Waals surface area contributed by atoms with Crippen molar-refractivity contribution in [2.75, 3.05) is 5.43 Å². The van der Waals surface area contributed by atoms with Gasteiger partial charge in [-0.25, -0.2) is 0 Å². The van der Waals surface area contributed by atoms with E-state index in [9.17, 15) is 5.11 Å². The first-order valence-electron chi connectivity index (χ1n) is 7.97. The first-order chi connectivity index (χ1) is 13.5. The summed E-state index contributed by atoms with van der Waals surface area (Å²) in [5.41, 5.74) is 4.67. The molecule has 0 atom stereocenters. The average molecular weight is 478 g/mol. The molecule has 2 aromatic carbocycles. The molecular weight excluding hydrogens is 467 g/mol. The fourth-order valence-corrected chi connectivity index (χ4v) is 3.25. The minimum atomic E-state index is -0.101. The number of nitrogens with zero attached hydrogens (tertiary/aromatic N) is 5. The van der Waals surface area contributed by atoms with E-state index in [1.54, 1.807) is 22.7 Å². The summed E-state index contributed by atoms with van der Waals surface area (Å²) in [6.07, 6.45) is 1.40. The van der Waals surface area contributed by atoms with E-state index in [0.29, 0.717) is 27.9 Å². The minimum Gasteiger partial charge on any atom is -0.506 e. The summed E-state index contributed by atoms with van der Waals surface area (Å²) in [6.45, 7) is 0. The van der Waals surface area contributed by atoms with Gasteiger partial charge in [0.25, 0.3) is 0 Å². The van der Waals surface area contributed by atoms with E-state index < -0.39 is 0 Å². The number of aromatic nitrogens is 4. The Kier molecular flexibility index (Phi) is 5.17. The lowest BCUT2D eigenvalue weighted by Crippen LogP contribution is -2.00. The Balaban J connectivity index is 1.62. The molecule has 0 aliphatic carbocycles. The van der Waals surface area contributed by atoms with E-state index in [1.807, 2.05) is 24.3 Å². The Morgan fingerprint density at radius 1 is 1.07 bits per heavy atom. The first-order valence-corrected chi connectivity index (χ1v) is 9.51. The van der Waals surface area contributed by atoms with Crippen molar-refractivity contribution in [2.45, 2.75) is 0 Å². The molecule has 7 nitrogen and oxygen atoms in total. The Bertz CT molecular complexity index is 1190. The normalized spacial score (nSPS) is 11.4. The highest BCUT2D eigenvalue weighted by Crippen LogP contribution is 2.30. The van der Waals surface area contributed by atoms with Gasteiger partial charge in [0.2, 0.25) is 0 Å². The summed E-state index contributed by atoms with van der Waals surface area (Å²) < 4.78 is 2.59. The molecule has 140 valence electrons. The van der Waals surface area contributed by atoms with Crippen LogP contribution in [-0.4, -0.2) is 31.1 Å². The minimum absolute atomic E-state index is 0.101. The van der Waals surface area contributed by atoms with Crippen LogP contribution in [0.5, 0.6) is 5.75 Å². The Labute approximate surface area is 177 Å². The third-order valence-electron chi connectivity index (χ3n) is 3.81. The molecular formula is C18H11BrCl2N6O. The van der Waals surface area contributed by atoms with Gasteiger partial charge >= 0.3 is 0 Å². The van der Waals surface area contributed by atoms with Crippen LogP contribution in [0, 0.1) is 0 Å². The lowest BCUT2D eigenvalue weighted by atomic mass is 10.2. The molecule has 10 heteroatoms. The molecule has 0 unspecified atom stereocenters. The molecule has 4 aromatic rings. The quantitative estimate of drug-likeness (QED) is 0.318. The van der Waals surface area contributed by atoms with Crippen LogP contribution in [0.15, 0.2) is 58.1 Å². The van der Waals surface area contributed by atoms with Gasteiger partial charge in [-0.05, 0) is 36.4 Å². The molecule has 28 heavy (non-hydrogen) atoms. The average Bonchev–Trinajstić information content (AvgIpc) is 3.09. The van der Waals surface area contributed by atoms with Crippen molar-refractivity contribution < 1.29 is 5.11 Å². The van der Waals surface area contributed by atoms with Crippen LogP contribution < -0.4 is 5.43 Å². The lowest BCUT2D eigenvalue weighted by Gasteiger charge is -2.04. The van der Waals surface area contributed by atoms with Gasteiger partial charge in [-0.1, -0.05) is 51.3 Å². The summed E-state index contributed by atoms with van der Waals surface area (Å²) >= 11 is 15.3. The number of hydrogen-bond donors (Lipinski definition) is 2. The van der Waals surface area contributed by atoms with Crippen molar-refractivity contribution >= 4 is 56.8 Å². The highest BCUT2D eigenvalue weighted by Gasteiger charge is 2.10. The number of halogens is 3. The fourth-order valence-electron chi connectivity index (χ4n) is 2.48. The number of nitrogens with one attached hydrogen (secondary N) is 1. The maximum absolute atomic E-state index is 9.97. The molecule has 4 rings (SSSR count). The highest BCUT2D eigenvalue weighted by atomic mass is 79.9. The van der Waals surface area contributed by atoms with Gasteiger partial charge < -0.3 is 5.11 Å². The lowest BCUT2D eigenvalue weighted by molar-refractivity contribution is 0.475. The molecule has 0 radical (unpaired) electrons. The van der Waals surface area contributed by atoms with Crippen LogP contribution in [-0.2, 0) is 0 Å². The van der Waals surface area contributed by atoms with Crippen molar-refractivity contribution in [3.05, 3.63) is 68.6 Å². The molecule has 2 aromatic heterocycles. The molecule has 2 N–H and O–H groups in total. The van der Waals surface area contributed by atoms with Gasteiger partial charge in [-0.3, -0.25) is 5.43 Å². The van der Waals surface area contributed by atoms with Crippen molar-refractivity contribution in [1.82, 2.24) is 19.8 Å². The molecule has 0 bridgehead atoms. The Morgan fingerprint density at radius 2 is 1.86 bits per heavy atom. The zero-order valence-corrected chi connectivity index (χ0v) is 17.1. The second-order valence-electron chi connectivity index (χ2n) is 5.71. The van der Waals surface area contributed by atoms with Crippen LogP contribution in [0.4, 0.5) is 5.82 Å². The molecule has 0 aliphatic heterocycles. The van der Waals surface area contributed by atoms with Crippen molar-refractivity contribution in [1.29, 1.82) is 0 Å². The number of rotatable bonds is 4. The van der Waals surface area contributed by atoms with Crippen molar-refractivity contribution in [3.8, 4) is 17.1 Å². The van der Waals surface area contributed by atoms with E-state index in [0.717, 1.165) is 10.0 Å². The third kappa shape index (κ3) is 3.80. The molecule has 0 fully saturated rings. The van der Waals surface area contributed by atoms with Crippen LogP contribution >= 0.6 is 39.1 Å². The van der Waals surface area contributed by atoms with Gasteiger partial charge in [0.05, 0.1) is 11.2 Å². The van der Waals surface area contributed by atoms with Crippen LogP contribution in [0.3, 0.4) is 0 Å². The van der Waals surface area contributed by atoms with Crippen molar-refractivity contribution in [3.63, 3.8) is 0 Å². The van der Waals surface area contributed by atoms with E-state index in [-0.39, 0.29) is 10.8 Å². The summed E-state index contributed by atoms with van der Waals surface area (Å²) in [7, 11) is 0. The van der Waals surface area contributed by atoms with E-state index in [4.69, 9.17) is 23.2 Å². The smallest absolute Gasteiger partial charge is 0.185 e. The van der Waals surface area contributed by atoms with Crippen LogP contribution in [0.2, 0.25) is 10.0 Å². The second kappa shape index (κ2) is 7.75. The number of anilines is 1. The number of benzene rings is 2. The highest BCUT2D eigenvalue weighted by molar-refractivity contribution is 9.10. The van der Waals surface area contributed by atoms with Crippen LogP contribution in [0.25, 0.3) is 17.0 Å². The maximum atomic E-state index is 9.97. The summed E-state index contributed by atoms with van der Waals surface area (Å²) in [4.78, 5) is 0. The predicted molar refractivity (Wildman–Crippen MR) is 113 cm³/mol. The molecule has 0 spiro atoms. The first kappa shape index (κ1) is 18.7. The molecule has 0 aliphatic rings. The Morgan fingerprint density at radius 3 is 2.64 bits per heavy atom. The van der Waals surface area contributed by atoms with E-state index in [2.05, 4.69) is 41.8 Å². The summed E-state index contributed by atoms with van der Waals surface area (Å²) in [5, 5.41) is 27.4. The predicted octanol–water partition coefficient (Wildman–Crippen LogP) is 5.01. The van der Waals surface area contributed by atoms with Gasteiger partial charge in [0.1, 0.15) is 5.75 Å². The number of aromatic hydroxyl groups is 1. The molecule has 0 amide bonds. The molecule has 0 saturated carbocycles. The zero-order chi connectivity index (χ0) is 19.7. The third-order valence-corrected chi connectivity index (χ3v) is 4.84. The Hall–Kier alpha value is -2.68. The number of phenols is 1.